The number of rotatable bonds is 6. The Kier molecular flexibility index (Phi) is 6.80. The molecule has 1 aliphatic rings. The van der Waals surface area contributed by atoms with E-state index in [4.69, 9.17) is 20.3 Å². The molecule has 7 nitrogen and oxygen atoms in total. The molecule has 22 heavy (non-hydrogen) atoms. The third-order valence-electron chi connectivity index (χ3n) is 3.94. The summed E-state index contributed by atoms with van der Waals surface area (Å²) in [4.78, 5) is 34.3. The average Bonchev–Trinajstić information content (AvgIpc) is 2.46. The lowest BCUT2D eigenvalue weighted by Crippen LogP contribution is -2.43. The van der Waals surface area contributed by atoms with Crippen molar-refractivity contribution in [3.05, 3.63) is 0 Å². The normalized spacial score (nSPS) is 24.4. The second-order valence-electron chi connectivity index (χ2n) is 6.07. The molecule has 0 spiro atoms. The maximum Gasteiger partial charge on any atom is 0.326 e. The minimum absolute atomic E-state index is 0.101. The van der Waals surface area contributed by atoms with E-state index >= 15 is 0 Å². The van der Waals surface area contributed by atoms with Gasteiger partial charge in [0, 0.05) is 6.92 Å². The lowest BCUT2D eigenvalue weighted by molar-refractivity contribution is -0.188. The van der Waals surface area contributed by atoms with Gasteiger partial charge in [-0.2, -0.15) is 0 Å². The summed E-state index contributed by atoms with van der Waals surface area (Å²) < 4.78 is 9.99. The van der Waals surface area contributed by atoms with Crippen LogP contribution in [0.3, 0.4) is 0 Å². The van der Waals surface area contributed by atoms with Gasteiger partial charge in [-0.25, -0.2) is 0 Å². The number of aliphatic carboxylic acids is 1. The van der Waals surface area contributed by atoms with Gasteiger partial charge in [0.25, 0.3) is 0 Å². The number of carbonyl (C=O) groups excluding carboxylic acids is 2. The Bertz CT molecular complexity index is 414. The van der Waals surface area contributed by atoms with Crippen LogP contribution in [0.15, 0.2) is 0 Å². The van der Waals surface area contributed by atoms with Crippen LogP contribution >= 0.6 is 0 Å². The molecule has 0 aromatic heterocycles. The fourth-order valence-corrected chi connectivity index (χ4v) is 2.48. The molecule has 0 amide bonds. The number of ether oxygens (including phenoxy) is 2. The lowest BCUT2D eigenvalue weighted by atomic mass is 9.79. The number of carbonyl (C=O) groups is 3. The van der Waals surface area contributed by atoms with Gasteiger partial charge >= 0.3 is 17.9 Å². The van der Waals surface area contributed by atoms with Gasteiger partial charge < -0.3 is 20.3 Å². The molecule has 3 N–H and O–H groups in total. The Morgan fingerprint density at radius 3 is 1.95 bits per heavy atom. The minimum Gasteiger partial charge on any atom is -0.481 e. The van der Waals surface area contributed by atoms with E-state index in [1.807, 2.05) is 0 Å². The maximum absolute atomic E-state index is 12.0. The minimum atomic E-state index is -0.983. The van der Waals surface area contributed by atoms with Crippen molar-refractivity contribution in [3.8, 4) is 0 Å². The average molecular weight is 315 g/mol. The fraction of sp³-hybridized carbons (Fsp3) is 0.800. The molecular weight excluding hydrogens is 290 g/mol. The molecule has 126 valence electrons. The van der Waals surface area contributed by atoms with Crippen molar-refractivity contribution in [2.24, 2.45) is 23.5 Å². The van der Waals surface area contributed by atoms with Gasteiger partial charge in [0.2, 0.25) is 6.29 Å². The van der Waals surface area contributed by atoms with Gasteiger partial charge in [0.05, 0.1) is 11.8 Å². The summed E-state index contributed by atoms with van der Waals surface area (Å²) in [5.74, 6) is -2.63. The Hall–Kier alpha value is -1.63. The van der Waals surface area contributed by atoms with Crippen LogP contribution in [-0.2, 0) is 23.9 Å². The molecule has 2 atom stereocenters. The lowest BCUT2D eigenvalue weighted by Gasteiger charge is -2.29. The quantitative estimate of drug-likeness (QED) is 0.560. The molecule has 0 heterocycles. The number of hydrogen-bond donors (Lipinski definition) is 2. The van der Waals surface area contributed by atoms with E-state index in [1.165, 1.54) is 6.92 Å². The van der Waals surface area contributed by atoms with Crippen LogP contribution in [0.25, 0.3) is 0 Å². The summed E-state index contributed by atoms with van der Waals surface area (Å²) in [5, 5.41) is 8.95. The molecule has 1 saturated carbocycles. The highest BCUT2D eigenvalue weighted by molar-refractivity contribution is 5.76. The zero-order valence-corrected chi connectivity index (χ0v) is 13.3. The van der Waals surface area contributed by atoms with Crippen molar-refractivity contribution < 1.29 is 29.0 Å². The first-order valence-corrected chi connectivity index (χ1v) is 7.61. The topological polar surface area (TPSA) is 116 Å². The van der Waals surface area contributed by atoms with E-state index in [1.54, 1.807) is 13.8 Å². The van der Waals surface area contributed by atoms with Crippen LogP contribution in [0, 0.1) is 17.8 Å². The van der Waals surface area contributed by atoms with Crippen molar-refractivity contribution in [2.75, 3.05) is 0 Å². The fourth-order valence-electron chi connectivity index (χ4n) is 2.48. The smallest absolute Gasteiger partial charge is 0.326 e. The second-order valence-corrected chi connectivity index (χ2v) is 6.07. The van der Waals surface area contributed by atoms with Gasteiger partial charge in [-0.05, 0) is 31.6 Å². The third-order valence-corrected chi connectivity index (χ3v) is 3.94. The van der Waals surface area contributed by atoms with E-state index in [0.29, 0.717) is 25.7 Å². The molecule has 0 radical (unpaired) electrons. The van der Waals surface area contributed by atoms with Gasteiger partial charge in [-0.15, -0.1) is 0 Å². The maximum atomic E-state index is 12.0. The van der Waals surface area contributed by atoms with E-state index in [2.05, 4.69) is 0 Å². The van der Waals surface area contributed by atoms with Crippen molar-refractivity contribution in [1.29, 1.82) is 0 Å². The predicted molar refractivity (Wildman–Crippen MR) is 77.5 cm³/mol. The zero-order valence-electron chi connectivity index (χ0n) is 13.3. The van der Waals surface area contributed by atoms with Crippen LogP contribution in [0.5, 0.6) is 0 Å². The van der Waals surface area contributed by atoms with Crippen molar-refractivity contribution in [2.45, 2.75) is 58.8 Å². The molecule has 0 bridgehead atoms. The number of carboxylic acid groups (broad SMARTS) is 1. The Morgan fingerprint density at radius 1 is 1.00 bits per heavy atom. The zero-order chi connectivity index (χ0) is 16.9. The van der Waals surface area contributed by atoms with Gasteiger partial charge in [-0.3, -0.25) is 14.4 Å². The Morgan fingerprint density at radius 2 is 1.50 bits per heavy atom. The molecule has 0 aliphatic heterocycles. The first-order valence-electron chi connectivity index (χ1n) is 7.61. The second kappa shape index (κ2) is 8.12. The van der Waals surface area contributed by atoms with Crippen LogP contribution in [0.4, 0.5) is 0 Å². The Balaban J connectivity index is 2.42. The molecule has 0 aromatic carbocycles. The first-order chi connectivity index (χ1) is 10.2. The van der Waals surface area contributed by atoms with Crippen molar-refractivity contribution in [3.63, 3.8) is 0 Å². The SMILES string of the molecule is CC(OC(=O)C(C)C)OC(=O)C(N)C1CCC(C(=O)O)CC1. The molecule has 7 heteroatoms. The van der Waals surface area contributed by atoms with Gasteiger partial charge in [0.1, 0.15) is 6.04 Å². The van der Waals surface area contributed by atoms with Crippen LogP contribution in [-0.4, -0.2) is 35.3 Å². The molecular formula is C15H25NO6. The van der Waals surface area contributed by atoms with E-state index < -0.39 is 30.2 Å². The van der Waals surface area contributed by atoms with Crippen molar-refractivity contribution >= 4 is 17.9 Å². The molecule has 1 rings (SSSR count). The van der Waals surface area contributed by atoms with Crippen LogP contribution in [0.1, 0.15) is 46.5 Å². The number of esters is 2. The highest BCUT2D eigenvalue weighted by Gasteiger charge is 2.33. The van der Waals surface area contributed by atoms with E-state index in [0.717, 1.165) is 0 Å². The molecule has 1 fully saturated rings. The molecule has 2 unspecified atom stereocenters. The van der Waals surface area contributed by atoms with Gasteiger partial charge in [-0.1, -0.05) is 13.8 Å². The monoisotopic (exact) mass is 315 g/mol. The summed E-state index contributed by atoms with van der Waals surface area (Å²) in [6.45, 7) is 4.83. The van der Waals surface area contributed by atoms with E-state index in [-0.39, 0.29) is 17.8 Å². The number of carboxylic acids is 1. The largest absolute Gasteiger partial charge is 0.481 e. The molecule has 0 aromatic rings. The summed E-state index contributed by atoms with van der Waals surface area (Å²) in [5.41, 5.74) is 5.89. The first kappa shape index (κ1) is 18.4. The van der Waals surface area contributed by atoms with Crippen molar-refractivity contribution in [1.82, 2.24) is 0 Å². The number of hydrogen-bond acceptors (Lipinski definition) is 6. The van der Waals surface area contributed by atoms with Crippen LogP contribution < -0.4 is 5.73 Å². The summed E-state index contributed by atoms with van der Waals surface area (Å²) in [7, 11) is 0. The summed E-state index contributed by atoms with van der Waals surface area (Å²) in [6.07, 6.45) is 1.20. The Labute approximate surface area is 130 Å². The highest BCUT2D eigenvalue weighted by atomic mass is 16.7. The summed E-state index contributed by atoms with van der Waals surface area (Å²) >= 11 is 0. The molecule has 1 aliphatic carbocycles. The van der Waals surface area contributed by atoms with E-state index in [9.17, 15) is 14.4 Å². The standard InChI is InChI=1S/C15H25NO6/c1-8(2)14(19)21-9(3)22-15(20)12(16)10-4-6-11(7-5-10)13(17)18/h8-12H,4-7,16H2,1-3H3,(H,17,18). The predicted octanol–water partition coefficient (Wildman–Crippen LogP) is 1.29. The summed E-state index contributed by atoms with van der Waals surface area (Å²) in [6, 6.07) is -0.824. The number of nitrogens with two attached hydrogens (primary N) is 1. The third kappa shape index (κ3) is 5.29. The van der Waals surface area contributed by atoms with Crippen LogP contribution in [0.2, 0.25) is 0 Å². The highest BCUT2D eigenvalue weighted by Crippen LogP contribution is 2.30. The molecule has 0 saturated heterocycles. The van der Waals surface area contributed by atoms with Gasteiger partial charge in [0.15, 0.2) is 0 Å².